The van der Waals surface area contributed by atoms with Crippen LogP contribution in [0.5, 0.6) is 5.75 Å². The number of benzene rings is 2. The normalized spacial score (nSPS) is 13.0. The van der Waals surface area contributed by atoms with E-state index in [0.717, 1.165) is 16.6 Å². The average molecular weight is 341 g/mol. The Bertz CT molecular complexity index is 785. The highest BCUT2D eigenvalue weighted by atomic mass is 31.1. The van der Waals surface area contributed by atoms with Gasteiger partial charge in [0.2, 0.25) is 0 Å². The van der Waals surface area contributed by atoms with Crippen LogP contribution in [0.15, 0.2) is 35.3 Å². The van der Waals surface area contributed by atoms with E-state index in [-0.39, 0.29) is 5.41 Å². The molecule has 2 aromatic rings. The molecule has 0 aliphatic rings. The molecule has 1 atom stereocenters. The first-order valence-corrected chi connectivity index (χ1v) is 9.29. The predicted octanol–water partition coefficient (Wildman–Crippen LogP) is 4.37. The molecule has 2 aromatic carbocycles. The number of hydrogen-bond donors (Lipinski definition) is 1. The van der Waals surface area contributed by atoms with E-state index < -0.39 is 0 Å². The van der Waals surface area contributed by atoms with E-state index in [9.17, 15) is 5.11 Å². The molecule has 0 heterocycles. The minimum atomic E-state index is 0.0625. The second kappa shape index (κ2) is 7.07. The summed E-state index contributed by atoms with van der Waals surface area (Å²) in [6.07, 6.45) is 0. The van der Waals surface area contributed by atoms with Gasteiger partial charge in [-0.1, -0.05) is 53.6 Å². The molecule has 0 fully saturated rings. The fourth-order valence-electron chi connectivity index (χ4n) is 2.70. The predicted molar refractivity (Wildman–Crippen MR) is 108 cm³/mol. The third-order valence-corrected chi connectivity index (χ3v) is 5.99. The van der Waals surface area contributed by atoms with E-state index in [1.165, 1.54) is 22.0 Å². The topological polar surface area (TPSA) is 32.6 Å². The Morgan fingerprint density at radius 3 is 2.33 bits per heavy atom. The summed E-state index contributed by atoms with van der Waals surface area (Å²) in [7, 11) is 2.24. The van der Waals surface area contributed by atoms with Crippen LogP contribution in [0.2, 0.25) is 0 Å². The number of aliphatic imine (C=N–C) groups is 1. The lowest BCUT2D eigenvalue weighted by molar-refractivity contribution is 0.474. The van der Waals surface area contributed by atoms with Crippen molar-refractivity contribution < 1.29 is 5.11 Å². The molecule has 1 unspecified atom stereocenters. The maximum atomic E-state index is 10.6. The van der Waals surface area contributed by atoms with Crippen LogP contribution in [-0.2, 0) is 5.41 Å². The molecule has 2 nitrogen and oxygen atoms in total. The van der Waals surface area contributed by atoms with Gasteiger partial charge in [-0.25, -0.2) is 0 Å². The van der Waals surface area contributed by atoms with Gasteiger partial charge in [0.15, 0.2) is 0 Å². The molecule has 0 spiro atoms. The van der Waals surface area contributed by atoms with Crippen molar-refractivity contribution in [2.75, 3.05) is 7.05 Å². The monoisotopic (exact) mass is 341 g/mol. The van der Waals surface area contributed by atoms with Gasteiger partial charge in [0.05, 0.1) is 0 Å². The summed E-state index contributed by atoms with van der Waals surface area (Å²) >= 11 is 0. The summed E-state index contributed by atoms with van der Waals surface area (Å²) < 4.78 is 0. The van der Waals surface area contributed by atoms with Gasteiger partial charge in [0, 0.05) is 23.6 Å². The Kier molecular flexibility index (Phi) is 5.50. The zero-order chi connectivity index (χ0) is 18.1. The average Bonchev–Trinajstić information content (AvgIpc) is 2.51. The van der Waals surface area contributed by atoms with Crippen molar-refractivity contribution in [2.45, 2.75) is 47.0 Å². The van der Waals surface area contributed by atoms with Crippen molar-refractivity contribution in [3.8, 4) is 5.75 Å². The molecule has 1 N–H and O–H groups in total. The summed E-state index contributed by atoms with van der Waals surface area (Å²) in [6, 6.07) is 10.6. The van der Waals surface area contributed by atoms with Crippen LogP contribution in [0.4, 0.5) is 0 Å². The Balaban J connectivity index is 2.59. The van der Waals surface area contributed by atoms with Gasteiger partial charge in [-0.3, -0.25) is 4.99 Å². The van der Waals surface area contributed by atoms with Crippen molar-refractivity contribution >= 4 is 24.9 Å². The number of hydrogen-bond acceptors (Lipinski definition) is 2. The highest BCUT2D eigenvalue weighted by molar-refractivity contribution is 7.56. The number of aromatic hydroxyl groups is 1. The van der Waals surface area contributed by atoms with Crippen molar-refractivity contribution in [3.05, 3.63) is 52.6 Å². The SMILES string of the molecule is C/N=C(\C)c1cccc(C)c1Pc1cc(C(C)(C)C)cc(C)c1O. The Morgan fingerprint density at radius 1 is 1.08 bits per heavy atom. The standard InChI is InChI=1S/C21H28NOP/c1-13-9-8-10-17(15(3)22-7)20(13)24-18-12-16(21(4,5)6)11-14(2)19(18)23/h8-12,23-24H,1-7H3/b22-15+. The highest BCUT2D eigenvalue weighted by Crippen LogP contribution is 2.30. The number of nitrogens with zero attached hydrogens (tertiary/aromatic N) is 1. The molecule has 0 bridgehead atoms. The largest absolute Gasteiger partial charge is 0.507 e. The summed E-state index contributed by atoms with van der Waals surface area (Å²) in [5.41, 5.74) is 5.72. The van der Waals surface area contributed by atoms with Crippen LogP contribution in [-0.4, -0.2) is 17.9 Å². The molecule has 24 heavy (non-hydrogen) atoms. The molecule has 2 rings (SSSR count). The van der Waals surface area contributed by atoms with Crippen molar-refractivity contribution in [3.63, 3.8) is 0 Å². The molecule has 0 aliphatic heterocycles. The van der Waals surface area contributed by atoms with E-state index in [1.54, 1.807) is 0 Å². The second-order valence-electron chi connectivity index (χ2n) is 7.37. The lowest BCUT2D eigenvalue weighted by Crippen LogP contribution is -2.19. The van der Waals surface area contributed by atoms with E-state index in [2.05, 4.69) is 63.0 Å². The van der Waals surface area contributed by atoms with E-state index in [0.29, 0.717) is 14.3 Å². The lowest BCUT2D eigenvalue weighted by atomic mass is 9.86. The lowest BCUT2D eigenvalue weighted by Gasteiger charge is -2.22. The van der Waals surface area contributed by atoms with Gasteiger partial charge < -0.3 is 5.11 Å². The minimum absolute atomic E-state index is 0.0625. The molecule has 0 aromatic heterocycles. The van der Waals surface area contributed by atoms with Crippen LogP contribution in [0, 0.1) is 13.8 Å². The van der Waals surface area contributed by atoms with Gasteiger partial charge >= 0.3 is 0 Å². The first kappa shape index (κ1) is 18.7. The van der Waals surface area contributed by atoms with Gasteiger partial charge in [-0.15, -0.1) is 0 Å². The molecule has 3 heteroatoms. The molecule has 0 radical (unpaired) electrons. The van der Waals surface area contributed by atoms with E-state index in [1.807, 2.05) is 20.9 Å². The first-order valence-electron chi connectivity index (χ1n) is 8.29. The van der Waals surface area contributed by atoms with Gasteiger partial charge in [0.1, 0.15) is 5.75 Å². The summed E-state index contributed by atoms with van der Waals surface area (Å²) in [5, 5.41) is 12.9. The Morgan fingerprint density at radius 2 is 1.75 bits per heavy atom. The quantitative estimate of drug-likeness (QED) is 0.652. The van der Waals surface area contributed by atoms with Gasteiger partial charge in [-0.05, 0) is 54.2 Å². The maximum Gasteiger partial charge on any atom is 0.126 e. The molecule has 0 amide bonds. The molecule has 0 saturated carbocycles. The third kappa shape index (κ3) is 3.87. The van der Waals surface area contributed by atoms with Gasteiger partial charge in [-0.2, -0.15) is 0 Å². The molecular weight excluding hydrogens is 313 g/mol. The maximum absolute atomic E-state index is 10.6. The molecule has 128 valence electrons. The highest BCUT2D eigenvalue weighted by Gasteiger charge is 2.19. The van der Waals surface area contributed by atoms with E-state index >= 15 is 0 Å². The zero-order valence-corrected chi connectivity index (χ0v) is 16.8. The van der Waals surface area contributed by atoms with Crippen LogP contribution in [0.3, 0.4) is 0 Å². The minimum Gasteiger partial charge on any atom is -0.507 e. The molecule has 0 aliphatic carbocycles. The Hall–Kier alpha value is -1.66. The molecular formula is C21H28NOP. The van der Waals surface area contributed by atoms with Crippen LogP contribution >= 0.6 is 8.58 Å². The smallest absolute Gasteiger partial charge is 0.126 e. The molecule has 0 saturated heterocycles. The van der Waals surface area contributed by atoms with Gasteiger partial charge in [0.25, 0.3) is 0 Å². The summed E-state index contributed by atoms with van der Waals surface area (Å²) in [4.78, 5) is 4.36. The summed E-state index contributed by atoms with van der Waals surface area (Å²) in [6.45, 7) is 12.8. The van der Waals surface area contributed by atoms with Crippen molar-refractivity contribution in [1.29, 1.82) is 0 Å². The first-order chi connectivity index (χ1) is 11.1. The van der Waals surface area contributed by atoms with Crippen molar-refractivity contribution in [1.82, 2.24) is 0 Å². The zero-order valence-electron chi connectivity index (χ0n) is 15.8. The number of aryl methyl sites for hydroxylation is 2. The number of rotatable bonds is 3. The number of phenols is 1. The van der Waals surface area contributed by atoms with Crippen molar-refractivity contribution in [2.24, 2.45) is 4.99 Å². The summed E-state index contributed by atoms with van der Waals surface area (Å²) in [5.74, 6) is 0.418. The van der Waals surface area contributed by atoms with Crippen LogP contribution in [0.25, 0.3) is 0 Å². The fourth-order valence-corrected chi connectivity index (χ4v) is 4.19. The van der Waals surface area contributed by atoms with Crippen LogP contribution < -0.4 is 10.6 Å². The van der Waals surface area contributed by atoms with Crippen LogP contribution in [0.1, 0.15) is 49.9 Å². The fraction of sp³-hybridized carbons (Fsp3) is 0.381. The second-order valence-corrected chi connectivity index (χ2v) is 8.66. The Labute approximate surface area is 147 Å². The third-order valence-electron chi connectivity index (χ3n) is 4.42. The van der Waals surface area contributed by atoms with E-state index in [4.69, 9.17) is 0 Å². The number of phenolic OH excluding ortho intramolecular Hbond substituents is 1.